The minimum absolute atomic E-state index is 0.214. The number of thiol groups is 1. The van der Waals surface area contributed by atoms with Gasteiger partial charge in [0.15, 0.2) is 0 Å². The summed E-state index contributed by atoms with van der Waals surface area (Å²) >= 11 is 3.95. The van der Waals surface area contributed by atoms with Crippen molar-refractivity contribution in [3.63, 3.8) is 0 Å². The Labute approximate surface area is 96.6 Å². The normalized spacial score (nSPS) is 10.3. The van der Waals surface area contributed by atoms with Crippen molar-refractivity contribution in [3.8, 4) is 0 Å². The van der Waals surface area contributed by atoms with Crippen LogP contribution >= 0.6 is 12.6 Å². The Morgan fingerprint density at radius 3 is 2.94 bits per heavy atom. The highest BCUT2D eigenvalue weighted by Gasteiger charge is 2.08. The second-order valence-corrected chi connectivity index (χ2v) is 3.33. The summed E-state index contributed by atoms with van der Waals surface area (Å²) in [6.07, 6.45) is 2.09. The first-order chi connectivity index (χ1) is 7.65. The number of hydrogen-bond donors (Lipinski definition) is 1. The molecule has 7 nitrogen and oxygen atoms in total. The van der Waals surface area contributed by atoms with Crippen molar-refractivity contribution in [2.45, 2.75) is 6.54 Å². The monoisotopic (exact) mass is 245 g/mol. The van der Waals surface area contributed by atoms with Crippen LogP contribution in [0, 0.1) is 10.1 Å². The Bertz CT molecular complexity index is 420. The first-order valence-electron chi connectivity index (χ1n) is 4.54. The summed E-state index contributed by atoms with van der Waals surface area (Å²) in [4.78, 5) is 24.5. The largest absolute Gasteiger partial charge is 0.379 e. The quantitative estimate of drug-likeness (QED) is 0.332. The summed E-state index contributed by atoms with van der Waals surface area (Å²) in [5.74, 6) is 0.585. The van der Waals surface area contributed by atoms with Crippen LogP contribution in [0.25, 0.3) is 0 Å². The molecular weight excluding hydrogens is 234 g/mol. The smallest absolute Gasteiger partial charge is 0.348 e. The van der Waals surface area contributed by atoms with Gasteiger partial charge in [0.1, 0.15) is 6.20 Å². The molecule has 0 aliphatic heterocycles. The van der Waals surface area contributed by atoms with Gasteiger partial charge in [-0.05, 0) is 0 Å². The fourth-order valence-corrected chi connectivity index (χ4v) is 1.16. The minimum atomic E-state index is -0.600. The van der Waals surface area contributed by atoms with E-state index in [9.17, 15) is 14.9 Å². The van der Waals surface area contributed by atoms with Gasteiger partial charge in [0.25, 0.3) is 0 Å². The average Bonchev–Trinajstić information content (AvgIpc) is 2.26. The van der Waals surface area contributed by atoms with E-state index in [1.165, 1.54) is 0 Å². The summed E-state index contributed by atoms with van der Waals surface area (Å²) in [6, 6.07) is 0. The van der Waals surface area contributed by atoms with Crippen molar-refractivity contribution < 1.29 is 9.66 Å². The van der Waals surface area contributed by atoms with E-state index < -0.39 is 10.6 Å². The van der Waals surface area contributed by atoms with Gasteiger partial charge in [-0.1, -0.05) is 0 Å². The number of hydrogen-bond acceptors (Lipinski definition) is 6. The van der Waals surface area contributed by atoms with Crippen LogP contribution in [-0.2, 0) is 11.3 Å². The van der Waals surface area contributed by atoms with Crippen LogP contribution in [0.1, 0.15) is 0 Å². The van der Waals surface area contributed by atoms with Crippen molar-refractivity contribution in [2.75, 3.05) is 19.0 Å². The second kappa shape index (κ2) is 6.23. The van der Waals surface area contributed by atoms with E-state index in [-0.39, 0.29) is 12.2 Å². The zero-order valence-electron chi connectivity index (χ0n) is 8.40. The average molecular weight is 245 g/mol. The third-order valence-corrected chi connectivity index (χ3v) is 1.95. The lowest BCUT2D eigenvalue weighted by Gasteiger charge is -2.04. The highest BCUT2D eigenvalue weighted by Crippen LogP contribution is 2.04. The predicted molar refractivity (Wildman–Crippen MR) is 59.8 cm³/mol. The Hall–Kier alpha value is -1.41. The number of ether oxygens (including phenoxy) is 1. The molecule has 0 amide bonds. The van der Waals surface area contributed by atoms with E-state index in [0.717, 1.165) is 17.0 Å². The second-order valence-electron chi connectivity index (χ2n) is 2.88. The molecule has 0 fully saturated rings. The van der Waals surface area contributed by atoms with E-state index in [2.05, 4.69) is 17.6 Å². The highest BCUT2D eigenvalue weighted by atomic mass is 32.1. The number of rotatable bonds is 6. The van der Waals surface area contributed by atoms with Gasteiger partial charge in [-0.25, -0.2) is 4.79 Å². The van der Waals surface area contributed by atoms with Crippen molar-refractivity contribution in [3.05, 3.63) is 33.0 Å². The Morgan fingerprint density at radius 1 is 1.56 bits per heavy atom. The van der Waals surface area contributed by atoms with Gasteiger partial charge in [-0.3, -0.25) is 14.7 Å². The molecule has 88 valence electrons. The van der Waals surface area contributed by atoms with Crippen molar-refractivity contribution in [2.24, 2.45) is 0 Å². The van der Waals surface area contributed by atoms with Crippen LogP contribution in [0.15, 0.2) is 17.2 Å². The molecule has 0 N–H and O–H groups in total. The minimum Gasteiger partial charge on any atom is -0.379 e. The Morgan fingerprint density at radius 2 is 2.31 bits per heavy atom. The van der Waals surface area contributed by atoms with Gasteiger partial charge in [0.05, 0.1) is 30.9 Å². The van der Waals surface area contributed by atoms with Crippen LogP contribution in [0.4, 0.5) is 5.69 Å². The molecule has 0 aliphatic rings. The third-order valence-electron chi connectivity index (χ3n) is 1.76. The van der Waals surface area contributed by atoms with Crippen molar-refractivity contribution in [1.29, 1.82) is 0 Å². The van der Waals surface area contributed by atoms with Crippen molar-refractivity contribution in [1.82, 2.24) is 9.55 Å². The molecule has 0 aromatic carbocycles. The summed E-state index contributed by atoms with van der Waals surface area (Å²) in [6.45, 7) is 1.00. The van der Waals surface area contributed by atoms with E-state index in [0.29, 0.717) is 19.0 Å². The van der Waals surface area contributed by atoms with Gasteiger partial charge in [0.2, 0.25) is 0 Å². The molecule has 0 saturated carbocycles. The summed E-state index contributed by atoms with van der Waals surface area (Å²) in [5.41, 5.74) is -0.742. The molecule has 1 aromatic heterocycles. The molecule has 0 spiro atoms. The molecular formula is C8H11N3O4S. The standard InChI is InChI=1S/C8H11N3O4S/c12-8-9-5-7(11(13)14)6-10(8)1-2-15-3-4-16/h5-6,16H,1-4H2. The van der Waals surface area contributed by atoms with Gasteiger partial charge < -0.3 is 4.74 Å². The summed E-state index contributed by atoms with van der Waals surface area (Å²) < 4.78 is 6.26. The molecule has 0 unspecified atom stereocenters. The maximum absolute atomic E-state index is 11.2. The van der Waals surface area contributed by atoms with Gasteiger partial charge >= 0.3 is 11.4 Å². The lowest BCUT2D eigenvalue weighted by molar-refractivity contribution is -0.385. The fraction of sp³-hybridized carbons (Fsp3) is 0.500. The lowest BCUT2D eigenvalue weighted by Crippen LogP contribution is -2.24. The topological polar surface area (TPSA) is 87.3 Å². The summed E-state index contributed by atoms with van der Waals surface area (Å²) in [7, 11) is 0. The molecule has 0 radical (unpaired) electrons. The highest BCUT2D eigenvalue weighted by molar-refractivity contribution is 7.80. The number of nitro groups is 1. The zero-order chi connectivity index (χ0) is 12.0. The predicted octanol–water partition coefficient (Wildman–Crippen LogP) is 0.0979. The van der Waals surface area contributed by atoms with Gasteiger partial charge in [-0.15, -0.1) is 0 Å². The molecule has 1 heterocycles. The van der Waals surface area contributed by atoms with Crippen LogP contribution in [0.2, 0.25) is 0 Å². The Balaban J connectivity index is 2.67. The SMILES string of the molecule is O=c1ncc([N+](=O)[O-])cn1CCOCCS. The summed E-state index contributed by atoms with van der Waals surface area (Å²) in [5, 5.41) is 10.4. The first kappa shape index (κ1) is 12.7. The molecule has 0 aliphatic carbocycles. The third kappa shape index (κ3) is 3.63. The zero-order valence-corrected chi connectivity index (χ0v) is 9.30. The van der Waals surface area contributed by atoms with Crippen LogP contribution in [0.5, 0.6) is 0 Å². The van der Waals surface area contributed by atoms with Crippen LogP contribution in [-0.4, -0.2) is 33.4 Å². The molecule has 0 atom stereocenters. The Kier molecular flexibility index (Phi) is 4.93. The molecule has 1 aromatic rings. The molecule has 0 bridgehead atoms. The molecule has 0 saturated heterocycles. The van der Waals surface area contributed by atoms with Crippen LogP contribution in [0.3, 0.4) is 0 Å². The first-order valence-corrected chi connectivity index (χ1v) is 5.18. The van der Waals surface area contributed by atoms with E-state index in [4.69, 9.17) is 4.74 Å². The lowest BCUT2D eigenvalue weighted by atomic mass is 10.5. The van der Waals surface area contributed by atoms with Gasteiger partial charge in [0, 0.05) is 5.75 Å². The molecule has 8 heteroatoms. The van der Waals surface area contributed by atoms with E-state index >= 15 is 0 Å². The maximum Gasteiger partial charge on any atom is 0.348 e. The van der Waals surface area contributed by atoms with E-state index in [1.54, 1.807) is 0 Å². The molecule has 1 rings (SSSR count). The van der Waals surface area contributed by atoms with Crippen LogP contribution < -0.4 is 5.69 Å². The fourth-order valence-electron chi connectivity index (χ4n) is 1.03. The van der Waals surface area contributed by atoms with Crippen molar-refractivity contribution >= 4 is 18.3 Å². The van der Waals surface area contributed by atoms with Gasteiger partial charge in [-0.2, -0.15) is 17.6 Å². The number of aromatic nitrogens is 2. The maximum atomic E-state index is 11.2. The van der Waals surface area contributed by atoms with E-state index in [1.807, 2.05) is 0 Å². The number of nitrogens with zero attached hydrogens (tertiary/aromatic N) is 3. The molecule has 16 heavy (non-hydrogen) atoms.